The first-order valence-corrected chi connectivity index (χ1v) is 5.07. The second kappa shape index (κ2) is 4.89. The Morgan fingerprint density at radius 1 is 1.35 bits per heavy atom. The van der Waals surface area contributed by atoms with Gasteiger partial charge in [0.25, 0.3) is 0 Å². The van der Waals surface area contributed by atoms with E-state index < -0.39 is 0 Å². The summed E-state index contributed by atoms with van der Waals surface area (Å²) in [7, 11) is 3.38. The van der Waals surface area contributed by atoms with Crippen LogP contribution in [0.1, 0.15) is 17.4 Å². The number of hydrazine groups is 1. The number of nitrogens with two attached hydrogens (primary N) is 1. The number of nitrogens with zero attached hydrogens (tertiary/aromatic N) is 4. The summed E-state index contributed by atoms with van der Waals surface area (Å²) in [5, 5.41) is 4.10. The number of ether oxygens (including phenoxy) is 1. The van der Waals surface area contributed by atoms with Crippen molar-refractivity contribution in [1.82, 2.24) is 25.2 Å². The summed E-state index contributed by atoms with van der Waals surface area (Å²) >= 11 is 0. The molecule has 2 aromatic rings. The van der Waals surface area contributed by atoms with Crippen LogP contribution in [-0.4, -0.2) is 26.9 Å². The maximum Gasteiger partial charge on any atom is 0.237 e. The molecular formula is C10H14N6O. The van der Waals surface area contributed by atoms with E-state index in [0.717, 1.165) is 5.69 Å². The van der Waals surface area contributed by atoms with Crippen molar-refractivity contribution in [1.29, 1.82) is 0 Å². The molecule has 2 aromatic heterocycles. The van der Waals surface area contributed by atoms with Gasteiger partial charge in [0.2, 0.25) is 5.88 Å². The van der Waals surface area contributed by atoms with E-state index in [1.807, 2.05) is 13.1 Å². The topological polar surface area (TPSA) is 90.9 Å². The summed E-state index contributed by atoms with van der Waals surface area (Å²) in [4.78, 5) is 8.34. The van der Waals surface area contributed by atoms with E-state index in [1.165, 1.54) is 0 Å². The van der Waals surface area contributed by atoms with Gasteiger partial charge in [0.05, 0.1) is 12.8 Å². The highest BCUT2D eigenvalue weighted by Gasteiger charge is 2.21. The lowest BCUT2D eigenvalue weighted by Gasteiger charge is -2.17. The summed E-state index contributed by atoms with van der Waals surface area (Å²) in [6, 6.07) is 1.55. The fourth-order valence-corrected chi connectivity index (χ4v) is 1.66. The number of hydrogen-bond donors (Lipinski definition) is 2. The smallest absolute Gasteiger partial charge is 0.237 e. The molecule has 0 aliphatic rings. The van der Waals surface area contributed by atoms with Crippen molar-refractivity contribution in [3.63, 3.8) is 0 Å². The number of nitrogens with one attached hydrogen (secondary N) is 1. The highest BCUT2D eigenvalue weighted by Crippen LogP contribution is 2.24. The van der Waals surface area contributed by atoms with Gasteiger partial charge in [-0.15, -0.1) is 0 Å². The van der Waals surface area contributed by atoms with Crippen molar-refractivity contribution in [2.24, 2.45) is 12.9 Å². The molecule has 7 heteroatoms. The van der Waals surface area contributed by atoms with Gasteiger partial charge in [0.1, 0.15) is 11.7 Å². The Balaban J connectivity index is 2.46. The molecule has 1 atom stereocenters. The zero-order valence-corrected chi connectivity index (χ0v) is 9.66. The average molecular weight is 234 g/mol. The van der Waals surface area contributed by atoms with Crippen LogP contribution in [0.4, 0.5) is 0 Å². The Morgan fingerprint density at radius 3 is 2.71 bits per heavy atom. The van der Waals surface area contributed by atoms with Crippen LogP contribution < -0.4 is 16.0 Å². The number of rotatable bonds is 4. The molecule has 0 fully saturated rings. The van der Waals surface area contributed by atoms with Gasteiger partial charge in [0.15, 0.2) is 0 Å². The van der Waals surface area contributed by atoms with Gasteiger partial charge in [-0.25, -0.2) is 10.4 Å². The maximum absolute atomic E-state index is 5.57. The Bertz CT molecular complexity index is 497. The second-order valence-corrected chi connectivity index (χ2v) is 3.43. The Labute approximate surface area is 98.6 Å². The van der Waals surface area contributed by atoms with Crippen LogP contribution in [0.5, 0.6) is 5.88 Å². The normalized spacial score (nSPS) is 12.4. The third-order valence-corrected chi connectivity index (χ3v) is 2.48. The van der Waals surface area contributed by atoms with E-state index in [0.29, 0.717) is 11.6 Å². The third kappa shape index (κ3) is 2.10. The molecule has 0 aliphatic carbocycles. The van der Waals surface area contributed by atoms with Gasteiger partial charge in [0, 0.05) is 25.6 Å². The van der Waals surface area contributed by atoms with Gasteiger partial charge in [-0.2, -0.15) is 5.10 Å². The first-order valence-electron chi connectivity index (χ1n) is 5.07. The summed E-state index contributed by atoms with van der Waals surface area (Å²) in [6.45, 7) is 0. The van der Waals surface area contributed by atoms with Crippen molar-refractivity contribution in [3.8, 4) is 5.88 Å². The fourth-order valence-electron chi connectivity index (χ4n) is 1.66. The summed E-state index contributed by atoms with van der Waals surface area (Å²) in [5.74, 6) is 6.02. The molecule has 1 unspecified atom stereocenters. The van der Waals surface area contributed by atoms with Crippen LogP contribution in [-0.2, 0) is 7.05 Å². The number of methoxy groups -OCH3 is 1. The summed E-state index contributed by atoms with van der Waals surface area (Å²) < 4.78 is 6.89. The largest absolute Gasteiger partial charge is 0.480 e. The molecule has 0 aromatic carbocycles. The van der Waals surface area contributed by atoms with Crippen LogP contribution >= 0.6 is 0 Å². The standard InChI is InChI=1S/C10H14N6O/c1-16-7(3-4-14-16)8(15-11)9-10(17-2)13-6-5-12-9/h3-6,8,15H,11H2,1-2H3. The van der Waals surface area contributed by atoms with Crippen molar-refractivity contribution < 1.29 is 4.74 Å². The fraction of sp³-hybridized carbons (Fsp3) is 0.300. The molecule has 2 rings (SSSR count). The zero-order chi connectivity index (χ0) is 12.3. The van der Waals surface area contributed by atoms with Crippen molar-refractivity contribution in [3.05, 3.63) is 36.0 Å². The highest BCUT2D eigenvalue weighted by molar-refractivity contribution is 5.28. The molecule has 17 heavy (non-hydrogen) atoms. The van der Waals surface area contributed by atoms with E-state index >= 15 is 0 Å². The molecule has 0 saturated heterocycles. The Hall–Kier alpha value is -1.99. The molecule has 7 nitrogen and oxygen atoms in total. The molecule has 0 amide bonds. The molecule has 0 aliphatic heterocycles. The molecule has 0 saturated carbocycles. The number of hydrogen-bond acceptors (Lipinski definition) is 6. The van der Waals surface area contributed by atoms with Gasteiger partial charge in [-0.3, -0.25) is 15.5 Å². The van der Waals surface area contributed by atoms with Gasteiger partial charge in [-0.05, 0) is 6.07 Å². The lowest BCUT2D eigenvalue weighted by molar-refractivity contribution is 0.381. The SMILES string of the molecule is COc1nccnc1C(NN)c1ccnn1C. The zero-order valence-electron chi connectivity index (χ0n) is 9.66. The molecule has 0 radical (unpaired) electrons. The summed E-state index contributed by atoms with van der Waals surface area (Å²) in [5.41, 5.74) is 4.20. The van der Waals surface area contributed by atoms with E-state index in [-0.39, 0.29) is 6.04 Å². The molecule has 3 N–H and O–H groups in total. The molecule has 90 valence electrons. The molecule has 0 spiro atoms. The second-order valence-electron chi connectivity index (χ2n) is 3.43. The van der Waals surface area contributed by atoms with E-state index in [4.69, 9.17) is 10.6 Å². The first kappa shape index (κ1) is 11.5. The van der Waals surface area contributed by atoms with Gasteiger partial charge >= 0.3 is 0 Å². The van der Waals surface area contributed by atoms with Crippen LogP contribution in [0, 0.1) is 0 Å². The van der Waals surface area contributed by atoms with Crippen LogP contribution in [0.3, 0.4) is 0 Å². The van der Waals surface area contributed by atoms with E-state index in [2.05, 4.69) is 20.5 Å². The van der Waals surface area contributed by atoms with Crippen LogP contribution in [0.2, 0.25) is 0 Å². The van der Waals surface area contributed by atoms with Gasteiger partial charge < -0.3 is 4.74 Å². The van der Waals surface area contributed by atoms with Crippen LogP contribution in [0.25, 0.3) is 0 Å². The number of aromatic nitrogens is 4. The number of aryl methyl sites for hydroxylation is 1. The maximum atomic E-state index is 5.57. The molecule has 0 bridgehead atoms. The van der Waals surface area contributed by atoms with E-state index in [1.54, 1.807) is 30.4 Å². The van der Waals surface area contributed by atoms with E-state index in [9.17, 15) is 0 Å². The minimum Gasteiger partial charge on any atom is -0.480 e. The van der Waals surface area contributed by atoms with Gasteiger partial charge in [-0.1, -0.05) is 0 Å². The van der Waals surface area contributed by atoms with Crippen molar-refractivity contribution in [2.75, 3.05) is 7.11 Å². The Kier molecular flexibility index (Phi) is 3.31. The lowest BCUT2D eigenvalue weighted by atomic mass is 10.1. The lowest BCUT2D eigenvalue weighted by Crippen LogP contribution is -2.31. The van der Waals surface area contributed by atoms with Crippen LogP contribution in [0.15, 0.2) is 24.7 Å². The quantitative estimate of drug-likeness (QED) is 0.561. The minimum atomic E-state index is -0.314. The van der Waals surface area contributed by atoms with Crippen molar-refractivity contribution in [2.45, 2.75) is 6.04 Å². The Morgan fingerprint density at radius 2 is 2.12 bits per heavy atom. The first-order chi connectivity index (χ1) is 8.27. The molecule has 2 heterocycles. The third-order valence-electron chi connectivity index (χ3n) is 2.48. The minimum absolute atomic E-state index is 0.314. The average Bonchev–Trinajstić information content (AvgIpc) is 2.78. The predicted molar refractivity (Wildman–Crippen MR) is 61.0 cm³/mol. The van der Waals surface area contributed by atoms with Crippen molar-refractivity contribution >= 4 is 0 Å². The summed E-state index contributed by atoms with van der Waals surface area (Å²) in [6.07, 6.45) is 4.86. The monoisotopic (exact) mass is 234 g/mol. The predicted octanol–water partition coefficient (Wildman–Crippen LogP) is -0.229. The molecular weight excluding hydrogens is 220 g/mol. The highest BCUT2D eigenvalue weighted by atomic mass is 16.5.